The topological polar surface area (TPSA) is 41.8 Å². The van der Waals surface area contributed by atoms with E-state index in [2.05, 4.69) is 10.2 Å². The molecule has 13 heavy (non-hydrogen) atoms. The van der Waals surface area contributed by atoms with E-state index in [1.807, 2.05) is 18.2 Å². The van der Waals surface area contributed by atoms with Crippen molar-refractivity contribution in [3.8, 4) is 0 Å². The fraction of sp³-hybridized carbons (Fsp3) is 0.100. The van der Waals surface area contributed by atoms with Crippen molar-refractivity contribution >= 4 is 5.78 Å². The highest BCUT2D eigenvalue weighted by Crippen LogP contribution is 2.20. The van der Waals surface area contributed by atoms with Gasteiger partial charge in [-0.15, -0.1) is 5.11 Å². The van der Waals surface area contributed by atoms with E-state index in [0.29, 0.717) is 5.70 Å². The molecule has 0 radical (unpaired) electrons. The predicted molar refractivity (Wildman–Crippen MR) is 48.9 cm³/mol. The molecule has 64 valence electrons. The predicted octanol–water partition coefficient (Wildman–Crippen LogP) is 2.31. The number of ketones is 1. The molecule has 2 aliphatic rings. The van der Waals surface area contributed by atoms with Crippen molar-refractivity contribution in [2.24, 2.45) is 10.2 Å². The number of allylic oxidation sites excluding steroid dienone is 6. The lowest BCUT2D eigenvalue weighted by molar-refractivity contribution is -0.111. The third-order valence-electron chi connectivity index (χ3n) is 1.86. The van der Waals surface area contributed by atoms with Crippen LogP contribution in [0.25, 0.3) is 0 Å². The van der Waals surface area contributed by atoms with Gasteiger partial charge in [0.1, 0.15) is 5.70 Å². The number of hydrogen-bond donors (Lipinski definition) is 0. The minimum absolute atomic E-state index is 0.0649. The van der Waals surface area contributed by atoms with Crippen LogP contribution < -0.4 is 0 Å². The van der Waals surface area contributed by atoms with Crippen LogP contribution in [-0.4, -0.2) is 5.78 Å². The van der Waals surface area contributed by atoms with Gasteiger partial charge in [0.15, 0.2) is 0 Å². The lowest BCUT2D eigenvalue weighted by Gasteiger charge is -2.07. The van der Waals surface area contributed by atoms with Crippen LogP contribution in [-0.2, 0) is 4.79 Å². The van der Waals surface area contributed by atoms with E-state index in [9.17, 15) is 4.79 Å². The fourth-order valence-corrected chi connectivity index (χ4v) is 1.24. The smallest absolute Gasteiger partial charge is 0.206 e. The summed E-state index contributed by atoms with van der Waals surface area (Å²) < 4.78 is 0. The van der Waals surface area contributed by atoms with Gasteiger partial charge >= 0.3 is 0 Å². The largest absolute Gasteiger partial charge is 0.287 e. The van der Waals surface area contributed by atoms with Crippen molar-refractivity contribution in [1.82, 2.24) is 0 Å². The normalized spacial score (nSPS) is 25.1. The number of azo groups is 1. The summed E-state index contributed by atoms with van der Waals surface area (Å²) in [5.74, 6) is -0.0649. The molecule has 0 saturated heterocycles. The summed E-state index contributed by atoms with van der Waals surface area (Å²) >= 11 is 0. The van der Waals surface area contributed by atoms with E-state index in [-0.39, 0.29) is 5.78 Å². The van der Waals surface area contributed by atoms with Gasteiger partial charge in [0.05, 0.1) is 0 Å². The van der Waals surface area contributed by atoms with Crippen LogP contribution in [0.5, 0.6) is 0 Å². The maximum absolute atomic E-state index is 11.3. The number of carbonyl (C=O) groups excluding carboxylic acids is 1. The van der Waals surface area contributed by atoms with Crippen LogP contribution in [0.4, 0.5) is 0 Å². The quantitative estimate of drug-likeness (QED) is 0.552. The molecule has 0 atom stereocenters. The van der Waals surface area contributed by atoms with Crippen molar-refractivity contribution in [3.63, 3.8) is 0 Å². The molecule has 0 aromatic heterocycles. The average molecular weight is 172 g/mol. The third kappa shape index (κ3) is 1.54. The summed E-state index contributed by atoms with van der Waals surface area (Å²) in [5, 5.41) is 7.60. The minimum atomic E-state index is -0.0649. The second-order valence-electron chi connectivity index (χ2n) is 2.76. The fourth-order valence-electron chi connectivity index (χ4n) is 1.24. The highest BCUT2D eigenvalue weighted by molar-refractivity contribution is 6.05. The Morgan fingerprint density at radius 1 is 1.23 bits per heavy atom. The van der Waals surface area contributed by atoms with Gasteiger partial charge in [-0.25, -0.2) is 0 Å². The van der Waals surface area contributed by atoms with Crippen LogP contribution in [0.1, 0.15) is 6.42 Å². The van der Waals surface area contributed by atoms with E-state index in [4.69, 9.17) is 0 Å². The number of nitrogens with zero attached hydrogens (tertiary/aromatic N) is 2. The Bertz CT molecular complexity index is 384. The zero-order valence-corrected chi connectivity index (χ0v) is 6.97. The van der Waals surface area contributed by atoms with Gasteiger partial charge in [0, 0.05) is 6.20 Å². The zero-order valence-electron chi connectivity index (χ0n) is 6.97. The van der Waals surface area contributed by atoms with Gasteiger partial charge in [-0.1, -0.05) is 18.2 Å². The van der Waals surface area contributed by atoms with Gasteiger partial charge in [0.25, 0.3) is 0 Å². The van der Waals surface area contributed by atoms with Crippen LogP contribution in [0.3, 0.4) is 0 Å². The maximum atomic E-state index is 11.3. The average Bonchev–Trinajstić information content (AvgIpc) is 2.07. The lowest BCUT2D eigenvalue weighted by Crippen LogP contribution is -2.03. The molecule has 2 rings (SSSR count). The first-order valence-electron chi connectivity index (χ1n) is 4.06. The van der Waals surface area contributed by atoms with Crippen molar-refractivity contribution in [1.29, 1.82) is 0 Å². The van der Waals surface area contributed by atoms with E-state index in [1.54, 1.807) is 12.3 Å². The Hall–Kier alpha value is -1.77. The minimum Gasteiger partial charge on any atom is -0.287 e. The van der Waals surface area contributed by atoms with Gasteiger partial charge in [-0.2, -0.15) is 5.11 Å². The highest BCUT2D eigenvalue weighted by Gasteiger charge is 2.14. The molecular weight excluding hydrogens is 164 g/mol. The number of carbonyl (C=O) groups is 1. The van der Waals surface area contributed by atoms with Gasteiger partial charge in [-0.3, -0.25) is 4.79 Å². The summed E-state index contributed by atoms with van der Waals surface area (Å²) in [6, 6.07) is 0. The van der Waals surface area contributed by atoms with E-state index in [1.165, 1.54) is 6.08 Å². The van der Waals surface area contributed by atoms with Crippen molar-refractivity contribution in [2.45, 2.75) is 6.42 Å². The summed E-state index contributed by atoms with van der Waals surface area (Å²) in [6.07, 6.45) is 11.2. The van der Waals surface area contributed by atoms with Gasteiger partial charge in [0.2, 0.25) is 5.78 Å². The standard InChI is InChI=1S/C10H8N2O/c13-9-6-3-5-8-4-1-2-7-11-12-10(8)9/h1-4,6-7H,5H2/b2-1?,4-1-,7-2-,8-4?,11-7?,12-10?,12-11?. The molecule has 0 bridgehead atoms. The van der Waals surface area contributed by atoms with Crippen molar-refractivity contribution in [3.05, 3.63) is 47.9 Å². The maximum Gasteiger partial charge on any atom is 0.206 e. The van der Waals surface area contributed by atoms with Crippen molar-refractivity contribution in [2.75, 3.05) is 0 Å². The summed E-state index contributed by atoms with van der Waals surface area (Å²) in [6.45, 7) is 0. The summed E-state index contributed by atoms with van der Waals surface area (Å²) in [4.78, 5) is 11.3. The highest BCUT2D eigenvalue weighted by atomic mass is 16.1. The molecule has 0 unspecified atom stereocenters. The first-order valence-corrected chi connectivity index (χ1v) is 4.06. The van der Waals surface area contributed by atoms with E-state index in [0.717, 1.165) is 12.0 Å². The molecule has 0 aromatic rings. The Morgan fingerprint density at radius 3 is 3.08 bits per heavy atom. The molecule has 1 aliphatic carbocycles. The molecule has 1 aliphatic heterocycles. The molecule has 0 aromatic carbocycles. The second-order valence-corrected chi connectivity index (χ2v) is 2.76. The van der Waals surface area contributed by atoms with Gasteiger partial charge < -0.3 is 0 Å². The molecule has 1 heterocycles. The molecule has 0 saturated carbocycles. The molecule has 0 amide bonds. The third-order valence-corrected chi connectivity index (χ3v) is 1.86. The monoisotopic (exact) mass is 172 g/mol. The Kier molecular flexibility index (Phi) is 2.00. The zero-order chi connectivity index (χ0) is 9.10. The number of rotatable bonds is 0. The lowest BCUT2D eigenvalue weighted by atomic mass is 10.0. The van der Waals surface area contributed by atoms with E-state index >= 15 is 0 Å². The Labute approximate surface area is 75.9 Å². The first kappa shape index (κ1) is 7.86. The molecular formula is C10H8N2O. The molecule has 0 N–H and O–H groups in total. The molecule has 3 nitrogen and oxygen atoms in total. The van der Waals surface area contributed by atoms with Crippen LogP contribution >= 0.6 is 0 Å². The van der Waals surface area contributed by atoms with Crippen molar-refractivity contribution < 1.29 is 4.79 Å². The molecule has 0 spiro atoms. The SMILES string of the molecule is O=C1C=CCC2=C1N=N/C=C\C=C/2. The van der Waals surface area contributed by atoms with Crippen LogP contribution in [0.2, 0.25) is 0 Å². The summed E-state index contributed by atoms with van der Waals surface area (Å²) in [7, 11) is 0. The number of hydrogen-bond acceptors (Lipinski definition) is 3. The molecule has 0 fully saturated rings. The van der Waals surface area contributed by atoms with Crippen LogP contribution in [0.15, 0.2) is 58.1 Å². The molecule has 3 heteroatoms. The van der Waals surface area contributed by atoms with Gasteiger partial charge in [-0.05, 0) is 24.1 Å². The van der Waals surface area contributed by atoms with E-state index < -0.39 is 0 Å². The second kappa shape index (κ2) is 3.31. The Morgan fingerprint density at radius 2 is 2.15 bits per heavy atom. The Balaban J connectivity index is 2.44. The van der Waals surface area contributed by atoms with Crippen LogP contribution in [0, 0.1) is 0 Å². The summed E-state index contributed by atoms with van der Waals surface area (Å²) in [5.41, 5.74) is 1.39. The first-order chi connectivity index (χ1) is 6.38.